The summed E-state index contributed by atoms with van der Waals surface area (Å²) >= 11 is 0. The van der Waals surface area contributed by atoms with Crippen molar-refractivity contribution in [1.82, 2.24) is 0 Å². The maximum absolute atomic E-state index is 6.37. The van der Waals surface area contributed by atoms with Crippen molar-refractivity contribution in [2.45, 2.75) is 32.5 Å². The smallest absolute Gasteiger partial charge is 0.121 e. The van der Waals surface area contributed by atoms with Gasteiger partial charge >= 0.3 is 0 Å². The predicted octanol–water partition coefficient (Wildman–Crippen LogP) is 2.92. The lowest BCUT2D eigenvalue weighted by Crippen LogP contribution is -2.44. The maximum Gasteiger partial charge on any atom is 0.121 e. The summed E-state index contributed by atoms with van der Waals surface area (Å²) in [4.78, 5) is 0. The van der Waals surface area contributed by atoms with Crippen LogP contribution in [0.3, 0.4) is 0 Å². The van der Waals surface area contributed by atoms with Crippen LogP contribution in [0.4, 0.5) is 0 Å². The molecule has 0 saturated carbocycles. The summed E-state index contributed by atoms with van der Waals surface area (Å²) in [6, 6.07) is 2.45. The van der Waals surface area contributed by atoms with E-state index in [9.17, 15) is 0 Å². The van der Waals surface area contributed by atoms with Gasteiger partial charge in [0.2, 0.25) is 0 Å². The van der Waals surface area contributed by atoms with Gasteiger partial charge in [-0.05, 0) is 23.9 Å². The van der Waals surface area contributed by atoms with Crippen molar-refractivity contribution in [3.63, 3.8) is 0 Å². The van der Waals surface area contributed by atoms with E-state index in [2.05, 4.69) is 44.7 Å². The minimum atomic E-state index is -1.43. The molecule has 74 valence electrons. The molecule has 13 heavy (non-hydrogen) atoms. The molecular formula is C11H21NSi. The van der Waals surface area contributed by atoms with Crippen LogP contribution in [0, 0.1) is 11.8 Å². The van der Waals surface area contributed by atoms with Crippen molar-refractivity contribution in [1.29, 1.82) is 0 Å². The quantitative estimate of drug-likeness (QED) is 0.686. The number of nitrogens with two attached hydrogens (primary N) is 1. The van der Waals surface area contributed by atoms with Crippen LogP contribution >= 0.6 is 0 Å². The molecule has 0 fully saturated rings. The van der Waals surface area contributed by atoms with Crippen molar-refractivity contribution in [3.05, 3.63) is 24.3 Å². The highest BCUT2D eigenvalue weighted by atomic mass is 28.3. The van der Waals surface area contributed by atoms with Crippen molar-refractivity contribution in [2.24, 2.45) is 17.2 Å². The predicted molar refractivity (Wildman–Crippen MR) is 62.0 cm³/mol. The van der Waals surface area contributed by atoms with E-state index < -0.39 is 8.24 Å². The number of rotatable bonds is 4. The number of hydrogen-bond acceptors (Lipinski definition) is 1. The second kappa shape index (κ2) is 4.25. The van der Waals surface area contributed by atoms with Gasteiger partial charge in [0.05, 0.1) is 0 Å². The van der Waals surface area contributed by atoms with Gasteiger partial charge in [0.1, 0.15) is 8.24 Å². The zero-order valence-corrected chi connectivity index (χ0v) is 9.96. The SMILES string of the molecule is CC(C)C[Si](C)(N)CC1C=CC=C1. The molecule has 1 nitrogen and oxygen atoms in total. The third kappa shape index (κ3) is 3.92. The van der Waals surface area contributed by atoms with Gasteiger partial charge in [-0.2, -0.15) is 0 Å². The van der Waals surface area contributed by atoms with E-state index in [1.807, 2.05) is 0 Å². The van der Waals surface area contributed by atoms with Crippen LogP contribution in [0.25, 0.3) is 0 Å². The van der Waals surface area contributed by atoms with Gasteiger partial charge in [-0.1, -0.05) is 44.7 Å². The van der Waals surface area contributed by atoms with Gasteiger partial charge in [-0.25, -0.2) is 0 Å². The molecule has 2 heteroatoms. The second-order valence-corrected chi connectivity index (χ2v) is 9.01. The summed E-state index contributed by atoms with van der Waals surface area (Å²) in [7, 11) is -1.43. The molecule has 0 aliphatic heterocycles. The largest absolute Gasteiger partial charge is 0.351 e. The first-order chi connectivity index (χ1) is 5.99. The van der Waals surface area contributed by atoms with Crippen LogP contribution in [0.5, 0.6) is 0 Å². The van der Waals surface area contributed by atoms with Gasteiger partial charge in [-0.3, -0.25) is 0 Å². The van der Waals surface area contributed by atoms with Crippen molar-refractivity contribution >= 4 is 8.24 Å². The Kier molecular flexibility index (Phi) is 3.51. The molecule has 1 atom stereocenters. The third-order valence-corrected chi connectivity index (χ3v) is 5.56. The molecule has 1 aliphatic carbocycles. The molecule has 0 bridgehead atoms. The molecule has 0 radical (unpaired) electrons. The highest BCUT2D eigenvalue weighted by molar-refractivity contribution is 6.75. The van der Waals surface area contributed by atoms with Crippen molar-refractivity contribution in [2.75, 3.05) is 0 Å². The summed E-state index contributed by atoms with van der Waals surface area (Å²) in [5, 5.41) is 6.37. The molecule has 0 aromatic carbocycles. The Labute approximate surface area is 82.8 Å². The molecule has 0 saturated heterocycles. The van der Waals surface area contributed by atoms with Crippen molar-refractivity contribution < 1.29 is 0 Å². The van der Waals surface area contributed by atoms with Crippen LogP contribution in [-0.4, -0.2) is 8.24 Å². The highest BCUT2D eigenvalue weighted by Gasteiger charge is 2.25. The minimum absolute atomic E-state index is 0.625. The Bertz CT molecular complexity index is 204. The van der Waals surface area contributed by atoms with E-state index in [1.165, 1.54) is 12.1 Å². The molecular weight excluding hydrogens is 174 g/mol. The van der Waals surface area contributed by atoms with Crippen LogP contribution in [-0.2, 0) is 0 Å². The van der Waals surface area contributed by atoms with E-state index >= 15 is 0 Å². The van der Waals surface area contributed by atoms with Gasteiger partial charge in [0.15, 0.2) is 0 Å². The minimum Gasteiger partial charge on any atom is -0.351 e. The van der Waals surface area contributed by atoms with Crippen LogP contribution in [0.15, 0.2) is 24.3 Å². The van der Waals surface area contributed by atoms with Crippen LogP contribution < -0.4 is 5.40 Å². The van der Waals surface area contributed by atoms with Gasteiger partial charge in [0.25, 0.3) is 0 Å². The van der Waals surface area contributed by atoms with Gasteiger partial charge in [0, 0.05) is 0 Å². The average Bonchev–Trinajstić information content (AvgIpc) is 2.34. The van der Waals surface area contributed by atoms with Gasteiger partial charge < -0.3 is 5.40 Å². The Morgan fingerprint density at radius 2 is 1.85 bits per heavy atom. The molecule has 0 heterocycles. The topological polar surface area (TPSA) is 26.0 Å². The third-order valence-electron chi connectivity index (χ3n) is 2.40. The summed E-state index contributed by atoms with van der Waals surface area (Å²) in [6.07, 6.45) is 8.78. The second-order valence-electron chi connectivity index (χ2n) is 4.89. The zero-order valence-electron chi connectivity index (χ0n) is 8.96. The molecule has 1 aliphatic rings. The average molecular weight is 195 g/mol. The molecule has 1 unspecified atom stereocenters. The zero-order chi connectivity index (χ0) is 9.90. The fourth-order valence-electron chi connectivity index (χ4n) is 2.17. The number of allylic oxidation sites excluding steroid dienone is 4. The summed E-state index contributed by atoms with van der Waals surface area (Å²) in [5.74, 6) is 1.37. The molecule has 1 rings (SSSR count). The van der Waals surface area contributed by atoms with E-state index in [-0.39, 0.29) is 0 Å². The lowest BCUT2D eigenvalue weighted by molar-refractivity contribution is 0.709. The summed E-state index contributed by atoms with van der Waals surface area (Å²) in [5.41, 5.74) is 0. The fraction of sp³-hybridized carbons (Fsp3) is 0.636. The first kappa shape index (κ1) is 10.7. The Balaban J connectivity index is 2.41. The normalized spacial score (nSPS) is 21.3. The lowest BCUT2D eigenvalue weighted by Gasteiger charge is -2.25. The monoisotopic (exact) mass is 195 g/mol. The number of hydrogen-bond donors (Lipinski definition) is 1. The first-order valence-electron chi connectivity index (χ1n) is 5.13. The van der Waals surface area contributed by atoms with E-state index in [1.54, 1.807) is 0 Å². The molecule has 0 amide bonds. The summed E-state index contributed by atoms with van der Waals surface area (Å²) < 4.78 is 0. The molecule has 0 spiro atoms. The van der Waals surface area contributed by atoms with E-state index in [0.29, 0.717) is 5.92 Å². The first-order valence-corrected chi connectivity index (χ1v) is 8.13. The molecule has 0 aromatic heterocycles. The molecule has 2 N–H and O–H groups in total. The van der Waals surface area contributed by atoms with E-state index in [0.717, 1.165) is 5.92 Å². The standard InChI is InChI=1S/C11H21NSi/c1-10(2)8-13(3,12)9-11-6-4-5-7-11/h4-7,10-11H,8-9,12H2,1-3H3. The Morgan fingerprint density at radius 1 is 1.31 bits per heavy atom. The van der Waals surface area contributed by atoms with Crippen molar-refractivity contribution in [3.8, 4) is 0 Å². The summed E-state index contributed by atoms with van der Waals surface area (Å²) in [6.45, 7) is 6.82. The Hall–Kier alpha value is -0.343. The maximum atomic E-state index is 6.37. The van der Waals surface area contributed by atoms with Crippen LogP contribution in [0.2, 0.25) is 18.6 Å². The van der Waals surface area contributed by atoms with E-state index in [4.69, 9.17) is 5.40 Å². The van der Waals surface area contributed by atoms with Crippen LogP contribution in [0.1, 0.15) is 13.8 Å². The molecule has 0 aromatic rings. The lowest BCUT2D eigenvalue weighted by atomic mass is 10.2. The van der Waals surface area contributed by atoms with Gasteiger partial charge in [-0.15, -0.1) is 0 Å². The fourth-order valence-corrected chi connectivity index (χ4v) is 5.55. The Morgan fingerprint density at radius 3 is 2.31 bits per heavy atom. The highest BCUT2D eigenvalue weighted by Crippen LogP contribution is 2.24.